The lowest BCUT2D eigenvalue weighted by Gasteiger charge is -2.15. The number of anilines is 1. The number of rotatable bonds is 6. The van der Waals surface area contributed by atoms with Gasteiger partial charge in [0.15, 0.2) is 5.82 Å². The molecule has 1 amide bonds. The summed E-state index contributed by atoms with van der Waals surface area (Å²) in [7, 11) is 0. The van der Waals surface area contributed by atoms with Crippen LogP contribution in [0.1, 0.15) is 27.0 Å². The Balaban J connectivity index is 1.53. The Hall–Kier alpha value is -4.09. The van der Waals surface area contributed by atoms with Gasteiger partial charge in [-0.15, -0.1) is 0 Å². The van der Waals surface area contributed by atoms with Crippen molar-refractivity contribution in [1.29, 1.82) is 0 Å². The Morgan fingerprint density at radius 2 is 1.67 bits per heavy atom. The van der Waals surface area contributed by atoms with Gasteiger partial charge in [0.25, 0.3) is 5.91 Å². The van der Waals surface area contributed by atoms with Crippen LogP contribution in [0.15, 0.2) is 61.1 Å². The van der Waals surface area contributed by atoms with E-state index in [9.17, 15) is 26.7 Å². The molecular weight excluding hydrogens is 447 g/mol. The second-order valence-electron chi connectivity index (χ2n) is 7.00. The van der Waals surface area contributed by atoms with Crippen molar-refractivity contribution < 1.29 is 26.7 Å². The van der Waals surface area contributed by atoms with Crippen LogP contribution in [0.3, 0.4) is 0 Å². The van der Waals surface area contributed by atoms with E-state index in [1.54, 1.807) is 0 Å². The Morgan fingerprint density at radius 1 is 0.970 bits per heavy atom. The highest BCUT2D eigenvalue weighted by atomic mass is 19.4. The first-order valence-corrected chi connectivity index (χ1v) is 9.52. The van der Waals surface area contributed by atoms with Crippen molar-refractivity contribution in [3.63, 3.8) is 0 Å². The maximum absolute atomic E-state index is 13.8. The van der Waals surface area contributed by atoms with Gasteiger partial charge in [-0.2, -0.15) is 33.3 Å². The summed E-state index contributed by atoms with van der Waals surface area (Å²) in [4.78, 5) is 13.4. The number of halogens is 5. The van der Waals surface area contributed by atoms with Crippen molar-refractivity contribution in [3.05, 3.63) is 94.9 Å². The van der Waals surface area contributed by atoms with Gasteiger partial charge in [0, 0.05) is 12.3 Å². The molecule has 4 rings (SSSR count). The van der Waals surface area contributed by atoms with Crippen molar-refractivity contribution in [2.75, 3.05) is 5.32 Å². The number of carbonyl (C=O) groups is 1. The first kappa shape index (κ1) is 22.1. The molecule has 0 aliphatic rings. The predicted molar refractivity (Wildman–Crippen MR) is 106 cm³/mol. The van der Waals surface area contributed by atoms with E-state index >= 15 is 0 Å². The molecule has 1 N–H and O–H groups in total. The summed E-state index contributed by atoms with van der Waals surface area (Å²) in [5, 5.41) is 14.0. The van der Waals surface area contributed by atoms with Crippen LogP contribution in [-0.4, -0.2) is 30.7 Å². The van der Waals surface area contributed by atoms with Crippen molar-refractivity contribution >= 4 is 11.7 Å². The lowest BCUT2D eigenvalue weighted by atomic mass is 10.0. The summed E-state index contributed by atoms with van der Waals surface area (Å²) >= 11 is 0. The molecule has 0 atom stereocenters. The van der Waals surface area contributed by atoms with E-state index in [2.05, 4.69) is 20.6 Å². The fraction of sp³-hybridized carbons (Fsp3) is 0.143. The van der Waals surface area contributed by atoms with Crippen molar-refractivity contribution in [2.45, 2.75) is 19.3 Å². The van der Waals surface area contributed by atoms with Crippen molar-refractivity contribution in [2.24, 2.45) is 0 Å². The molecule has 0 radical (unpaired) electrons. The van der Waals surface area contributed by atoms with Crippen LogP contribution in [-0.2, 0) is 19.3 Å². The van der Waals surface area contributed by atoms with Gasteiger partial charge < -0.3 is 5.32 Å². The fourth-order valence-electron chi connectivity index (χ4n) is 3.20. The average Bonchev–Trinajstić information content (AvgIpc) is 3.40. The topological polar surface area (TPSA) is 77.6 Å². The molecule has 0 unspecified atom stereocenters. The summed E-state index contributed by atoms with van der Waals surface area (Å²) in [5.41, 5.74) is -1.32. The summed E-state index contributed by atoms with van der Waals surface area (Å²) in [6.07, 6.45) is -0.425. The molecule has 0 bridgehead atoms. The second-order valence-corrected chi connectivity index (χ2v) is 7.00. The second kappa shape index (κ2) is 8.81. The molecule has 0 fully saturated rings. The highest BCUT2D eigenvalue weighted by Gasteiger charge is 2.33. The lowest BCUT2D eigenvalue weighted by Crippen LogP contribution is -2.17. The van der Waals surface area contributed by atoms with E-state index in [4.69, 9.17) is 0 Å². The maximum Gasteiger partial charge on any atom is 0.416 e. The number of benzene rings is 2. The van der Waals surface area contributed by atoms with Crippen molar-refractivity contribution in [1.82, 2.24) is 24.8 Å². The number of aromatic nitrogens is 5. The molecule has 0 aliphatic heterocycles. The predicted octanol–water partition coefficient (Wildman–Crippen LogP) is 4.12. The number of carbonyl (C=O) groups excluding carboxylic acids is 1. The van der Waals surface area contributed by atoms with Gasteiger partial charge >= 0.3 is 6.18 Å². The molecule has 4 aromatic rings. The normalized spacial score (nSPS) is 11.5. The van der Waals surface area contributed by atoms with Crippen LogP contribution in [0.5, 0.6) is 0 Å². The molecule has 2 aromatic heterocycles. The molecule has 0 saturated carbocycles. The van der Waals surface area contributed by atoms with E-state index < -0.39 is 34.8 Å². The van der Waals surface area contributed by atoms with Gasteiger partial charge in [0.2, 0.25) is 0 Å². The Kier molecular flexibility index (Phi) is 5.90. The lowest BCUT2D eigenvalue weighted by molar-refractivity contribution is -0.138. The zero-order valence-electron chi connectivity index (χ0n) is 16.7. The Bertz CT molecular complexity index is 1260. The van der Waals surface area contributed by atoms with E-state index in [1.807, 2.05) is 0 Å². The molecule has 33 heavy (non-hydrogen) atoms. The highest BCUT2D eigenvalue weighted by molar-refractivity contribution is 6.04. The SMILES string of the molecule is O=C(Nc1ccn(Cc2ccc(Cn3nccn3)cc2C(F)(F)F)n1)c1c(F)cccc1F. The van der Waals surface area contributed by atoms with Crippen LogP contribution < -0.4 is 5.32 Å². The smallest absolute Gasteiger partial charge is 0.305 e. The van der Waals surface area contributed by atoms with E-state index in [0.717, 1.165) is 24.3 Å². The van der Waals surface area contributed by atoms with Gasteiger partial charge in [-0.1, -0.05) is 18.2 Å². The quantitative estimate of drug-likeness (QED) is 0.438. The summed E-state index contributed by atoms with van der Waals surface area (Å²) in [5.74, 6) is -3.24. The first-order valence-electron chi connectivity index (χ1n) is 9.52. The van der Waals surface area contributed by atoms with Crippen LogP contribution >= 0.6 is 0 Å². The number of amides is 1. The molecule has 2 aromatic carbocycles. The van der Waals surface area contributed by atoms with Crippen molar-refractivity contribution in [3.8, 4) is 0 Å². The molecule has 7 nitrogen and oxygen atoms in total. The largest absolute Gasteiger partial charge is 0.416 e. The summed E-state index contributed by atoms with van der Waals surface area (Å²) in [6.45, 7) is -0.181. The third-order valence-corrected chi connectivity index (χ3v) is 4.67. The summed E-state index contributed by atoms with van der Waals surface area (Å²) < 4.78 is 69.7. The van der Waals surface area contributed by atoms with Crippen LogP contribution in [0.2, 0.25) is 0 Å². The highest BCUT2D eigenvalue weighted by Crippen LogP contribution is 2.33. The third-order valence-electron chi connectivity index (χ3n) is 4.67. The zero-order chi connectivity index (χ0) is 23.6. The number of nitrogens with one attached hydrogen (secondary N) is 1. The number of hydrogen-bond acceptors (Lipinski definition) is 4. The van der Waals surface area contributed by atoms with E-state index in [0.29, 0.717) is 5.56 Å². The Morgan fingerprint density at radius 3 is 2.33 bits per heavy atom. The number of nitrogens with zero attached hydrogens (tertiary/aromatic N) is 5. The van der Waals surface area contributed by atoms with Crippen LogP contribution in [0, 0.1) is 11.6 Å². The molecule has 12 heteroatoms. The molecular formula is C21H15F5N6O. The first-order chi connectivity index (χ1) is 15.7. The molecule has 0 spiro atoms. The fourth-order valence-corrected chi connectivity index (χ4v) is 3.20. The van der Waals surface area contributed by atoms with Gasteiger partial charge in [-0.25, -0.2) is 8.78 Å². The minimum Gasteiger partial charge on any atom is -0.305 e. The molecule has 2 heterocycles. The summed E-state index contributed by atoms with van der Waals surface area (Å²) in [6, 6.07) is 8.17. The zero-order valence-corrected chi connectivity index (χ0v) is 16.7. The molecule has 0 aliphatic carbocycles. The number of hydrogen-bond donors (Lipinski definition) is 1. The van der Waals surface area contributed by atoms with E-state index in [1.165, 1.54) is 46.3 Å². The number of alkyl halides is 3. The van der Waals surface area contributed by atoms with Gasteiger partial charge in [0.05, 0.1) is 31.0 Å². The monoisotopic (exact) mass is 462 g/mol. The van der Waals surface area contributed by atoms with Crippen LogP contribution in [0.4, 0.5) is 27.8 Å². The minimum absolute atomic E-state index is 0.0548. The molecule has 0 saturated heterocycles. The molecule has 170 valence electrons. The average molecular weight is 462 g/mol. The maximum atomic E-state index is 13.8. The van der Waals surface area contributed by atoms with Crippen LogP contribution in [0.25, 0.3) is 0 Å². The standard InChI is InChI=1S/C21H15F5N6O/c22-16-2-1-3-17(23)19(16)20(33)29-18-6-9-31(30-18)12-14-5-4-13(10-15(14)21(24,25)26)11-32-27-7-8-28-32/h1-10H,11-12H2,(H,29,30,33). The van der Waals surface area contributed by atoms with Gasteiger partial charge in [-0.05, 0) is 29.3 Å². The van der Waals surface area contributed by atoms with E-state index in [-0.39, 0.29) is 24.5 Å². The third kappa shape index (κ3) is 5.05. The Labute approximate surface area is 183 Å². The van der Waals surface area contributed by atoms with Gasteiger partial charge in [-0.3, -0.25) is 9.48 Å². The van der Waals surface area contributed by atoms with Gasteiger partial charge in [0.1, 0.15) is 17.2 Å². The minimum atomic E-state index is -4.62.